The first-order valence-corrected chi connectivity index (χ1v) is 11.4. The molecule has 2 N–H and O–H groups in total. The van der Waals surface area contributed by atoms with Crippen LogP contribution >= 0.6 is 11.8 Å². The van der Waals surface area contributed by atoms with Crippen LogP contribution < -0.4 is 14.8 Å². The van der Waals surface area contributed by atoms with Crippen molar-refractivity contribution in [1.29, 1.82) is 0 Å². The molecule has 0 amide bonds. The number of benzene rings is 3. The highest BCUT2D eigenvalue weighted by Crippen LogP contribution is 2.40. The van der Waals surface area contributed by atoms with E-state index in [1.54, 1.807) is 12.1 Å². The van der Waals surface area contributed by atoms with Crippen molar-refractivity contribution in [2.75, 3.05) is 12.4 Å². The fourth-order valence-corrected chi connectivity index (χ4v) is 4.30. The summed E-state index contributed by atoms with van der Waals surface area (Å²) in [5.41, 5.74) is 5.39. The van der Waals surface area contributed by atoms with Gasteiger partial charge in [-0.1, -0.05) is 59.8 Å². The number of aromatic nitrogens is 3. The third kappa shape index (κ3) is 4.42. The zero-order valence-electron chi connectivity index (χ0n) is 18.1. The first kappa shape index (κ1) is 21.1. The van der Waals surface area contributed by atoms with Crippen LogP contribution in [-0.2, 0) is 5.75 Å². The highest BCUT2D eigenvalue weighted by Gasteiger charge is 2.26. The summed E-state index contributed by atoms with van der Waals surface area (Å²) in [6, 6.07) is 21.3. The minimum atomic E-state index is -0.587. The van der Waals surface area contributed by atoms with Crippen molar-refractivity contribution in [3.05, 3.63) is 83.4 Å². The molecule has 0 saturated heterocycles. The predicted molar refractivity (Wildman–Crippen MR) is 128 cm³/mol. The normalized spacial score (nSPS) is 14.3. The van der Waals surface area contributed by atoms with E-state index in [4.69, 9.17) is 9.47 Å². The third-order valence-corrected chi connectivity index (χ3v) is 6.24. The lowest BCUT2D eigenvalue weighted by Crippen LogP contribution is -2.17. The Morgan fingerprint density at radius 3 is 2.67 bits per heavy atom. The third-order valence-electron chi connectivity index (χ3n) is 5.33. The largest absolute Gasteiger partial charge is 0.504 e. The van der Waals surface area contributed by atoms with Crippen molar-refractivity contribution in [3.8, 4) is 28.6 Å². The molecular weight excluding hydrogens is 436 g/mol. The molecular formula is C25H22N4O3S. The van der Waals surface area contributed by atoms with Crippen molar-refractivity contribution < 1.29 is 14.6 Å². The number of phenols is 1. The summed E-state index contributed by atoms with van der Waals surface area (Å²) in [5.74, 6) is 1.54. The Labute approximate surface area is 195 Å². The molecule has 2 heterocycles. The van der Waals surface area contributed by atoms with Crippen LogP contribution in [0.1, 0.15) is 22.9 Å². The van der Waals surface area contributed by atoms with Gasteiger partial charge in [-0.2, -0.15) is 4.98 Å². The minimum Gasteiger partial charge on any atom is -0.504 e. The van der Waals surface area contributed by atoms with Gasteiger partial charge in [-0.3, -0.25) is 0 Å². The number of para-hydroxylation sites is 1. The van der Waals surface area contributed by atoms with Crippen LogP contribution in [0.25, 0.3) is 11.3 Å². The molecule has 1 aliphatic heterocycles. The Balaban J connectivity index is 1.48. The molecule has 7 nitrogen and oxygen atoms in total. The van der Waals surface area contributed by atoms with Crippen molar-refractivity contribution in [2.45, 2.75) is 24.1 Å². The number of phenolic OH excluding ortho intramolecular Hbond substituents is 1. The van der Waals surface area contributed by atoms with Crippen LogP contribution in [0.3, 0.4) is 0 Å². The molecule has 0 bridgehead atoms. The molecule has 1 aliphatic rings. The first-order valence-electron chi connectivity index (χ1n) is 10.4. The highest BCUT2D eigenvalue weighted by molar-refractivity contribution is 7.98. The van der Waals surface area contributed by atoms with Crippen LogP contribution in [0.4, 0.5) is 5.69 Å². The van der Waals surface area contributed by atoms with E-state index in [0.29, 0.717) is 22.5 Å². The number of fused-ring (bicyclic) bond motifs is 3. The lowest BCUT2D eigenvalue weighted by atomic mass is 10.1. The fourth-order valence-electron chi connectivity index (χ4n) is 3.56. The maximum atomic E-state index is 10.3. The number of nitrogens with zero attached hydrogens (tertiary/aromatic N) is 3. The minimum absolute atomic E-state index is 0.0355. The summed E-state index contributed by atoms with van der Waals surface area (Å²) in [4.78, 5) is 4.68. The summed E-state index contributed by atoms with van der Waals surface area (Å²) in [6.45, 7) is 2.07. The van der Waals surface area contributed by atoms with Gasteiger partial charge in [-0.15, -0.1) is 10.2 Å². The maximum absolute atomic E-state index is 10.3. The SMILES string of the molecule is COc1ccc([C@H]2Nc3ccccc3-c3nnc(SCc4ccc(C)cc4)nc3O2)cc1O. The van der Waals surface area contributed by atoms with Gasteiger partial charge in [0.05, 0.1) is 7.11 Å². The number of aromatic hydroxyl groups is 1. The zero-order chi connectivity index (χ0) is 22.8. The number of anilines is 1. The number of ether oxygens (including phenoxy) is 2. The van der Waals surface area contributed by atoms with Gasteiger partial charge in [0.2, 0.25) is 11.0 Å². The number of methoxy groups -OCH3 is 1. The van der Waals surface area contributed by atoms with Crippen molar-refractivity contribution in [1.82, 2.24) is 15.2 Å². The average Bonchev–Trinajstić information content (AvgIpc) is 3.00. The van der Waals surface area contributed by atoms with Gasteiger partial charge in [0, 0.05) is 22.6 Å². The molecule has 0 spiro atoms. The van der Waals surface area contributed by atoms with Gasteiger partial charge in [0.25, 0.3) is 0 Å². The Morgan fingerprint density at radius 1 is 1.06 bits per heavy atom. The van der Waals surface area contributed by atoms with Crippen LogP contribution in [0, 0.1) is 6.92 Å². The maximum Gasteiger partial charge on any atom is 0.247 e. The van der Waals surface area contributed by atoms with E-state index in [9.17, 15) is 5.11 Å². The summed E-state index contributed by atoms with van der Waals surface area (Å²) in [6.07, 6.45) is -0.587. The summed E-state index contributed by atoms with van der Waals surface area (Å²) >= 11 is 1.50. The highest BCUT2D eigenvalue weighted by atomic mass is 32.2. The van der Waals surface area contributed by atoms with Crippen LogP contribution in [0.2, 0.25) is 0 Å². The van der Waals surface area contributed by atoms with Gasteiger partial charge in [-0.25, -0.2) is 0 Å². The summed E-state index contributed by atoms with van der Waals surface area (Å²) in [7, 11) is 1.51. The van der Waals surface area contributed by atoms with Crippen LogP contribution in [0.5, 0.6) is 17.4 Å². The van der Waals surface area contributed by atoms with Gasteiger partial charge in [-0.05, 0) is 36.8 Å². The van der Waals surface area contributed by atoms with E-state index < -0.39 is 6.23 Å². The zero-order valence-corrected chi connectivity index (χ0v) is 19.0. The smallest absolute Gasteiger partial charge is 0.247 e. The molecule has 166 valence electrons. The number of hydrogen-bond acceptors (Lipinski definition) is 8. The number of rotatable bonds is 5. The first-order chi connectivity index (χ1) is 16.1. The van der Waals surface area contributed by atoms with E-state index in [1.165, 1.54) is 30.0 Å². The second-order valence-corrected chi connectivity index (χ2v) is 8.58. The molecule has 0 fully saturated rings. The number of nitrogens with one attached hydrogen (secondary N) is 1. The van der Waals surface area contributed by atoms with Crippen LogP contribution in [0.15, 0.2) is 71.9 Å². The Morgan fingerprint density at radius 2 is 1.88 bits per heavy atom. The second-order valence-electron chi connectivity index (χ2n) is 7.64. The van der Waals surface area contributed by atoms with E-state index in [2.05, 4.69) is 51.7 Å². The lowest BCUT2D eigenvalue weighted by molar-refractivity contribution is 0.224. The molecule has 0 unspecified atom stereocenters. The van der Waals surface area contributed by atoms with E-state index in [0.717, 1.165) is 22.6 Å². The Hall–Kier alpha value is -3.78. The van der Waals surface area contributed by atoms with Crippen molar-refractivity contribution in [2.24, 2.45) is 0 Å². The van der Waals surface area contributed by atoms with Gasteiger partial charge in [0.1, 0.15) is 0 Å². The lowest BCUT2D eigenvalue weighted by Gasteiger charge is -2.20. The van der Waals surface area contributed by atoms with E-state index >= 15 is 0 Å². The average molecular weight is 459 g/mol. The molecule has 1 atom stereocenters. The van der Waals surface area contributed by atoms with Gasteiger partial charge < -0.3 is 19.9 Å². The predicted octanol–water partition coefficient (Wildman–Crippen LogP) is 5.36. The summed E-state index contributed by atoms with van der Waals surface area (Å²) < 4.78 is 11.4. The number of aryl methyl sites for hydroxylation is 1. The second kappa shape index (κ2) is 8.99. The molecule has 33 heavy (non-hydrogen) atoms. The topological polar surface area (TPSA) is 89.4 Å². The molecule has 5 rings (SSSR count). The summed E-state index contributed by atoms with van der Waals surface area (Å²) in [5, 5.41) is 23.0. The molecule has 4 aromatic rings. The number of hydrogen-bond donors (Lipinski definition) is 2. The standard InChI is InChI=1S/C25H22N4O3S/c1-15-7-9-16(10-8-15)14-33-25-27-24-22(28-29-25)18-5-3-4-6-19(18)26-23(32-24)17-11-12-21(31-2)20(30)13-17/h3-13,23,26,30H,14H2,1-2H3/t23-/m0/s1. The quantitative estimate of drug-likeness (QED) is 0.387. The van der Waals surface area contributed by atoms with Crippen molar-refractivity contribution >= 4 is 17.4 Å². The Kier molecular flexibility index (Phi) is 5.75. The fraction of sp³-hybridized carbons (Fsp3) is 0.160. The molecule has 3 aromatic carbocycles. The van der Waals surface area contributed by atoms with Crippen molar-refractivity contribution in [3.63, 3.8) is 0 Å². The van der Waals surface area contributed by atoms with E-state index in [1.807, 2.05) is 30.3 Å². The molecule has 8 heteroatoms. The molecule has 0 radical (unpaired) electrons. The number of thioether (sulfide) groups is 1. The molecule has 0 saturated carbocycles. The van der Waals surface area contributed by atoms with Crippen LogP contribution in [-0.4, -0.2) is 27.4 Å². The molecule has 1 aromatic heterocycles. The van der Waals surface area contributed by atoms with Gasteiger partial charge in [0.15, 0.2) is 23.4 Å². The Bertz CT molecular complexity index is 1300. The monoisotopic (exact) mass is 458 g/mol. The van der Waals surface area contributed by atoms with Gasteiger partial charge >= 0.3 is 0 Å². The molecule has 0 aliphatic carbocycles. The van der Waals surface area contributed by atoms with E-state index in [-0.39, 0.29) is 5.75 Å².